The summed E-state index contributed by atoms with van der Waals surface area (Å²) in [5.41, 5.74) is 1.42. The number of benzene rings is 1. The molecule has 0 unspecified atom stereocenters. The molecular formula is C20H36IN3O3. The maximum Gasteiger partial charge on any atom is 0.203 e. The summed E-state index contributed by atoms with van der Waals surface area (Å²) in [5.74, 6) is 2.68. The molecule has 0 saturated heterocycles. The molecule has 0 bridgehead atoms. The third-order valence-electron chi connectivity index (χ3n) is 4.05. The predicted molar refractivity (Wildman–Crippen MR) is 123 cm³/mol. The number of ether oxygens (including phenoxy) is 3. The van der Waals surface area contributed by atoms with Crippen LogP contribution in [0.2, 0.25) is 0 Å². The maximum atomic E-state index is 5.39. The topological polar surface area (TPSA) is 64.1 Å². The summed E-state index contributed by atoms with van der Waals surface area (Å²) in [7, 11) is 6.61. The molecule has 2 N–H and O–H groups in total. The molecule has 0 spiro atoms. The second-order valence-electron chi connectivity index (χ2n) is 7.40. The Morgan fingerprint density at radius 3 is 2.00 bits per heavy atom. The number of methoxy groups -OCH3 is 3. The molecule has 1 aromatic carbocycles. The zero-order chi connectivity index (χ0) is 19.6. The van der Waals surface area contributed by atoms with E-state index in [-0.39, 0.29) is 24.0 Å². The van der Waals surface area contributed by atoms with Crippen molar-refractivity contribution in [2.45, 2.75) is 46.6 Å². The van der Waals surface area contributed by atoms with Gasteiger partial charge < -0.3 is 24.8 Å². The summed E-state index contributed by atoms with van der Waals surface area (Å²) in [6.45, 7) is 8.35. The highest BCUT2D eigenvalue weighted by Crippen LogP contribution is 2.38. The van der Waals surface area contributed by atoms with E-state index in [2.05, 4.69) is 36.4 Å². The lowest BCUT2D eigenvalue weighted by Gasteiger charge is -2.18. The summed E-state index contributed by atoms with van der Waals surface area (Å²) in [4.78, 5) is 4.28. The molecule has 0 aliphatic rings. The number of halogens is 1. The maximum absolute atomic E-state index is 5.39. The summed E-state index contributed by atoms with van der Waals surface area (Å²) in [6.07, 6.45) is 3.56. The van der Waals surface area contributed by atoms with Crippen molar-refractivity contribution in [1.29, 1.82) is 0 Å². The Labute approximate surface area is 181 Å². The van der Waals surface area contributed by atoms with Gasteiger partial charge >= 0.3 is 0 Å². The number of unbranched alkanes of at least 4 members (excludes halogenated alkanes) is 1. The molecule has 0 aliphatic heterocycles. The molecule has 0 atom stereocenters. The van der Waals surface area contributed by atoms with Gasteiger partial charge in [0.25, 0.3) is 0 Å². The van der Waals surface area contributed by atoms with Gasteiger partial charge in [0.15, 0.2) is 17.5 Å². The highest BCUT2D eigenvalue weighted by molar-refractivity contribution is 14.0. The van der Waals surface area contributed by atoms with Gasteiger partial charge in [0.2, 0.25) is 5.75 Å². The molecule has 6 nitrogen and oxygen atoms in total. The number of nitrogens with zero attached hydrogens (tertiary/aromatic N) is 1. The van der Waals surface area contributed by atoms with Crippen LogP contribution in [0.1, 0.15) is 45.6 Å². The molecule has 0 heterocycles. The smallest absolute Gasteiger partial charge is 0.203 e. The zero-order valence-corrected chi connectivity index (χ0v) is 20.1. The van der Waals surface area contributed by atoms with Crippen molar-refractivity contribution in [3.05, 3.63) is 17.7 Å². The van der Waals surface area contributed by atoms with E-state index in [0.717, 1.165) is 24.5 Å². The number of guanidine groups is 1. The zero-order valence-electron chi connectivity index (χ0n) is 17.8. The van der Waals surface area contributed by atoms with Crippen molar-refractivity contribution < 1.29 is 14.2 Å². The lowest BCUT2D eigenvalue weighted by Crippen LogP contribution is -2.37. The third kappa shape index (κ3) is 9.39. The van der Waals surface area contributed by atoms with E-state index in [1.807, 2.05) is 12.1 Å². The van der Waals surface area contributed by atoms with Crippen LogP contribution in [0.5, 0.6) is 17.2 Å². The van der Waals surface area contributed by atoms with Crippen molar-refractivity contribution in [2.75, 3.05) is 34.9 Å². The van der Waals surface area contributed by atoms with Gasteiger partial charge in [-0.2, -0.15) is 0 Å². The number of hydrogen-bond acceptors (Lipinski definition) is 4. The molecule has 1 rings (SSSR count). The van der Waals surface area contributed by atoms with Crippen LogP contribution in [0.4, 0.5) is 0 Å². The van der Waals surface area contributed by atoms with Gasteiger partial charge in [0, 0.05) is 20.1 Å². The second-order valence-corrected chi connectivity index (χ2v) is 7.40. The van der Waals surface area contributed by atoms with E-state index in [1.54, 1.807) is 28.4 Å². The summed E-state index contributed by atoms with van der Waals surface area (Å²) in [5, 5.41) is 6.68. The van der Waals surface area contributed by atoms with Gasteiger partial charge in [-0.25, -0.2) is 0 Å². The number of rotatable bonds is 9. The Bertz CT molecular complexity index is 561. The van der Waals surface area contributed by atoms with E-state index >= 15 is 0 Å². The SMILES string of the molecule is CN=C(NCCCCC(C)(C)C)NCc1cc(OC)c(OC)c(OC)c1.I. The molecule has 0 saturated carbocycles. The summed E-state index contributed by atoms with van der Waals surface area (Å²) in [6, 6.07) is 3.87. The molecule has 0 radical (unpaired) electrons. The highest BCUT2D eigenvalue weighted by atomic mass is 127. The van der Waals surface area contributed by atoms with Crippen molar-refractivity contribution in [3.8, 4) is 17.2 Å². The van der Waals surface area contributed by atoms with Gasteiger partial charge in [-0.05, 0) is 36.0 Å². The second kappa shape index (κ2) is 12.9. The first-order valence-corrected chi connectivity index (χ1v) is 9.08. The van der Waals surface area contributed by atoms with Crippen LogP contribution < -0.4 is 24.8 Å². The minimum Gasteiger partial charge on any atom is -0.493 e. The van der Waals surface area contributed by atoms with Crippen LogP contribution in [0.3, 0.4) is 0 Å². The Morgan fingerprint density at radius 1 is 0.963 bits per heavy atom. The number of nitrogens with one attached hydrogen (secondary N) is 2. The Hall–Kier alpha value is -1.38. The Morgan fingerprint density at radius 2 is 1.56 bits per heavy atom. The molecule has 7 heteroatoms. The highest BCUT2D eigenvalue weighted by Gasteiger charge is 2.13. The van der Waals surface area contributed by atoms with E-state index in [0.29, 0.717) is 29.2 Å². The third-order valence-corrected chi connectivity index (χ3v) is 4.05. The average molecular weight is 493 g/mol. The minimum absolute atomic E-state index is 0. The van der Waals surface area contributed by atoms with Gasteiger partial charge in [-0.1, -0.05) is 27.2 Å². The molecule has 1 aromatic rings. The van der Waals surface area contributed by atoms with E-state index in [9.17, 15) is 0 Å². The Kier molecular flexibility index (Phi) is 12.2. The van der Waals surface area contributed by atoms with Crippen LogP contribution in [0.25, 0.3) is 0 Å². The largest absolute Gasteiger partial charge is 0.493 e. The van der Waals surface area contributed by atoms with Crippen LogP contribution >= 0.6 is 24.0 Å². The molecule has 0 amide bonds. The van der Waals surface area contributed by atoms with Crippen LogP contribution in [0.15, 0.2) is 17.1 Å². The fourth-order valence-corrected chi connectivity index (χ4v) is 2.63. The number of aliphatic imine (C=N–C) groups is 1. The first-order chi connectivity index (χ1) is 12.3. The molecule has 0 aliphatic carbocycles. The summed E-state index contributed by atoms with van der Waals surface area (Å²) >= 11 is 0. The minimum atomic E-state index is 0. The fourth-order valence-electron chi connectivity index (χ4n) is 2.63. The first-order valence-electron chi connectivity index (χ1n) is 9.08. The lowest BCUT2D eigenvalue weighted by atomic mass is 9.90. The average Bonchev–Trinajstić information content (AvgIpc) is 2.61. The summed E-state index contributed by atoms with van der Waals surface area (Å²) < 4.78 is 16.1. The fraction of sp³-hybridized carbons (Fsp3) is 0.650. The van der Waals surface area contributed by atoms with Crippen molar-refractivity contribution >= 4 is 29.9 Å². The van der Waals surface area contributed by atoms with Crippen LogP contribution in [0, 0.1) is 5.41 Å². The van der Waals surface area contributed by atoms with Crippen molar-refractivity contribution in [2.24, 2.45) is 10.4 Å². The standard InChI is InChI=1S/C20H35N3O3.HI/c1-20(2,3)10-8-9-11-22-19(21-4)23-14-15-12-16(24-5)18(26-7)17(13-15)25-6;/h12-13H,8-11,14H2,1-7H3,(H2,21,22,23);1H. The van der Waals surface area contributed by atoms with Gasteiger partial charge in [0.05, 0.1) is 21.3 Å². The molecule has 27 heavy (non-hydrogen) atoms. The normalized spacial score (nSPS) is 11.4. The van der Waals surface area contributed by atoms with Gasteiger partial charge in [0.1, 0.15) is 0 Å². The molecule has 0 fully saturated rings. The molecule has 156 valence electrons. The lowest BCUT2D eigenvalue weighted by molar-refractivity contribution is 0.323. The van der Waals surface area contributed by atoms with Gasteiger partial charge in [-0.15, -0.1) is 24.0 Å². The molecule has 0 aromatic heterocycles. The molecular weight excluding hydrogens is 457 g/mol. The van der Waals surface area contributed by atoms with Crippen molar-refractivity contribution in [3.63, 3.8) is 0 Å². The first kappa shape index (κ1) is 25.6. The van der Waals surface area contributed by atoms with Crippen LogP contribution in [-0.4, -0.2) is 40.9 Å². The Balaban J connectivity index is 0.00000676. The monoisotopic (exact) mass is 493 g/mol. The van der Waals surface area contributed by atoms with E-state index in [4.69, 9.17) is 14.2 Å². The van der Waals surface area contributed by atoms with E-state index in [1.165, 1.54) is 12.8 Å². The van der Waals surface area contributed by atoms with Crippen LogP contribution in [-0.2, 0) is 6.54 Å². The number of hydrogen-bond donors (Lipinski definition) is 2. The quantitative estimate of drug-likeness (QED) is 0.234. The van der Waals surface area contributed by atoms with Crippen molar-refractivity contribution in [1.82, 2.24) is 10.6 Å². The van der Waals surface area contributed by atoms with Gasteiger partial charge in [-0.3, -0.25) is 4.99 Å². The predicted octanol–water partition coefficient (Wildman–Crippen LogP) is 4.21. The van der Waals surface area contributed by atoms with E-state index < -0.39 is 0 Å².